The van der Waals surface area contributed by atoms with Gasteiger partial charge in [-0.15, -0.1) is 0 Å². The molecular formula is C13H13ClF3NO. The van der Waals surface area contributed by atoms with Crippen LogP contribution in [0.5, 0.6) is 0 Å². The van der Waals surface area contributed by atoms with E-state index < -0.39 is 17.7 Å². The highest BCUT2D eigenvalue weighted by molar-refractivity contribution is 6.32. The SMILES string of the molecule is Cc1c(C(O)(C(C)C)C(F)(F)F)ccc(C#N)c1Cl. The molecule has 1 rings (SSSR count). The Kier molecular flexibility index (Phi) is 4.18. The molecule has 0 saturated heterocycles. The highest BCUT2D eigenvalue weighted by Crippen LogP contribution is 2.46. The predicted octanol–water partition coefficient (Wildman–Crippen LogP) is 3.93. The Morgan fingerprint density at radius 2 is 1.84 bits per heavy atom. The molecule has 6 heteroatoms. The van der Waals surface area contributed by atoms with Gasteiger partial charge in [-0.2, -0.15) is 18.4 Å². The first kappa shape index (κ1) is 15.8. The van der Waals surface area contributed by atoms with Crippen molar-refractivity contribution < 1.29 is 18.3 Å². The van der Waals surface area contributed by atoms with Gasteiger partial charge in [0.2, 0.25) is 0 Å². The molecule has 0 aliphatic carbocycles. The average molecular weight is 292 g/mol. The summed E-state index contributed by atoms with van der Waals surface area (Å²) in [5.74, 6) is -1.09. The molecule has 0 amide bonds. The molecule has 0 aliphatic heterocycles. The van der Waals surface area contributed by atoms with Gasteiger partial charge in [-0.3, -0.25) is 0 Å². The third-order valence-corrected chi connectivity index (χ3v) is 3.67. The first-order valence-electron chi connectivity index (χ1n) is 5.56. The number of rotatable bonds is 2. The summed E-state index contributed by atoms with van der Waals surface area (Å²) >= 11 is 5.86. The lowest BCUT2D eigenvalue weighted by Crippen LogP contribution is -2.47. The smallest absolute Gasteiger partial charge is 0.376 e. The first-order chi connectivity index (χ1) is 8.57. The van der Waals surface area contributed by atoms with Crippen LogP contribution in [0.3, 0.4) is 0 Å². The van der Waals surface area contributed by atoms with Gasteiger partial charge >= 0.3 is 6.18 Å². The van der Waals surface area contributed by atoms with E-state index in [9.17, 15) is 18.3 Å². The number of aliphatic hydroxyl groups is 1. The zero-order chi connectivity index (χ0) is 15.0. The molecule has 0 saturated carbocycles. The van der Waals surface area contributed by atoms with E-state index in [2.05, 4.69) is 0 Å². The van der Waals surface area contributed by atoms with E-state index >= 15 is 0 Å². The van der Waals surface area contributed by atoms with Crippen LogP contribution in [0.1, 0.15) is 30.5 Å². The quantitative estimate of drug-likeness (QED) is 0.897. The largest absolute Gasteiger partial charge is 0.421 e. The molecule has 1 aromatic rings. The molecule has 0 fully saturated rings. The van der Waals surface area contributed by atoms with E-state index in [-0.39, 0.29) is 21.7 Å². The summed E-state index contributed by atoms with van der Waals surface area (Å²) in [6, 6.07) is 4.08. The maximum atomic E-state index is 13.2. The average Bonchev–Trinajstić information content (AvgIpc) is 2.30. The van der Waals surface area contributed by atoms with E-state index in [1.54, 1.807) is 6.07 Å². The molecular weight excluding hydrogens is 279 g/mol. The van der Waals surface area contributed by atoms with Crippen molar-refractivity contribution in [3.63, 3.8) is 0 Å². The summed E-state index contributed by atoms with van der Waals surface area (Å²) in [4.78, 5) is 0. The Balaban J connectivity index is 3.61. The Bertz CT molecular complexity index is 534. The second-order valence-corrected chi connectivity index (χ2v) is 5.01. The van der Waals surface area contributed by atoms with E-state index in [1.165, 1.54) is 26.8 Å². The Labute approximate surface area is 114 Å². The molecule has 1 N–H and O–H groups in total. The minimum atomic E-state index is -4.83. The maximum Gasteiger partial charge on any atom is 0.421 e. The number of nitriles is 1. The molecule has 2 nitrogen and oxygen atoms in total. The maximum absolute atomic E-state index is 13.2. The van der Waals surface area contributed by atoms with Gasteiger partial charge in [-0.05, 0) is 30.0 Å². The monoisotopic (exact) mass is 291 g/mol. The summed E-state index contributed by atoms with van der Waals surface area (Å²) in [5, 5.41) is 18.8. The van der Waals surface area contributed by atoms with Crippen LogP contribution in [0.25, 0.3) is 0 Å². The summed E-state index contributed by atoms with van der Waals surface area (Å²) in [6.07, 6.45) is -4.83. The number of hydrogen-bond acceptors (Lipinski definition) is 2. The minimum absolute atomic E-state index is 0.0641. The van der Waals surface area contributed by atoms with Crippen LogP contribution >= 0.6 is 11.6 Å². The fraction of sp³-hybridized carbons (Fsp3) is 0.462. The number of hydrogen-bond donors (Lipinski definition) is 1. The van der Waals surface area contributed by atoms with Gasteiger partial charge in [-0.25, -0.2) is 0 Å². The first-order valence-corrected chi connectivity index (χ1v) is 5.94. The number of benzene rings is 1. The number of halogens is 4. The minimum Gasteiger partial charge on any atom is -0.376 e. The summed E-state index contributed by atoms with van der Waals surface area (Å²) in [5.41, 5.74) is -3.17. The predicted molar refractivity (Wildman–Crippen MR) is 65.7 cm³/mol. The lowest BCUT2D eigenvalue weighted by atomic mass is 9.80. The molecule has 1 atom stereocenters. The van der Waals surface area contributed by atoms with E-state index in [4.69, 9.17) is 16.9 Å². The van der Waals surface area contributed by atoms with Gasteiger partial charge in [0.05, 0.1) is 10.6 Å². The van der Waals surface area contributed by atoms with Crippen molar-refractivity contribution in [1.82, 2.24) is 0 Å². The van der Waals surface area contributed by atoms with Crippen LogP contribution in [0.2, 0.25) is 5.02 Å². The highest BCUT2D eigenvalue weighted by Gasteiger charge is 2.57. The lowest BCUT2D eigenvalue weighted by molar-refractivity contribution is -0.283. The normalized spacial score (nSPS) is 15.2. The molecule has 0 heterocycles. The molecule has 1 unspecified atom stereocenters. The van der Waals surface area contributed by atoms with Crippen LogP contribution < -0.4 is 0 Å². The van der Waals surface area contributed by atoms with E-state index in [0.717, 1.165) is 6.07 Å². The van der Waals surface area contributed by atoms with Crippen LogP contribution in [0.15, 0.2) is 12.1 Å². The van der Waals surface area contributed by atoms with Crippen molar-refractivity contribution in [2.24, 2.45) is 5.92 Å². The van der Waals surface area contributed by atoms with Gasteiger partial charge < -0.3 is 5.11 Å². The Morgan fingerprint density at radius 3 is 2.21 bits per heavy atom. The fourth-order valence-corrected chi connectivity index (χ4v) is 2.18. The zero-order valence-corrected chi connectivity index (χ0v) is 11.4. The van der Waals surface area contributed by atoms with Crippen molar-refractivity contribution in [3.8, 4) is 6.07 Å². The standard InChI is InChI=1S/C13H13ClF3NO/c1-7(2)12(19,13(15,16)17)10-5-4-9(6-18)11(14)8(10)3/h4-5,7,19H,1-3H3. The molecule has 0 spiro atoms. The van der Waals surface area contributed by atoms with Crippen molar-refractivity contribution >= 4 is 11.6 Å². The van der Waals surface area contributed by atoms with Gasteiger partial charge in [0.15, 0.2) is 5.60 Å². The van der Waals surface area contributed by atoms with Crippen molar-refractivity contribution in [2.75, 3.05) is 0 Å². The number of nitrogens with zero attached hydrogens (tertiary/aromatic N) is 1. The molecule has 0 bridgehead atoms. The summed E-state index contributed by atoms with van der Waals surface area (Å²) < 4.78 is 39.5. The van der Waals surface area contributed by atoms with Crippen molar-refractivity contribution in [2.45, 2.75) is 32.5 Å². The fourth-order valence-electron chi connectivity index (χ4n) is 1.98. The lowest BCUT2D eigenvalue weighted by Gasteiger charge is -2.36. The van der Waals surface area contributed by atoms with Gasteiger partial charge in [0.25, 0.3) is 0 Å². The zero-order valence-electron chi connectivity index (χ0n) is 10.6. The highest BCUT2D eigenvalue weighted by atomic mass is 35.5. The molecule has 0 radical (unpaired) electrons. The van der Waals surface area contributed by atoms with Gasteiger partial charge in [0.1, 0.15) is 6.07 Å². The van der Waals surface area contributed by atoms with Crippen molar-refractivity contribution in [1.29, 1.82) is 5.26 Å². The second-order valence-electron chi connectivity index (χ2n) is 4.63. The number of alkyl halides is 3. The van der Waals surface area contributed by atoms with Crippen LogP contribution in [0.4, 0.5) is 13.2 Å². The Hall–Kier alpha value is -1.25. The van der Waals surface area contributed by atoms with Crippen LogP contribution in [0, 0.1) is 24.2 Å². The second kappa shape index (κ2) is 5.03. The summed E-state index contributed by atoms with van der Waals surface area (Å²) in [7, 11) is 0. The molecule has 19 heavy (non-hydrogen) atoms. The van der Waals surface area contributed by atoms with Gasteiger partial charge in [-0.1, -0.05) is 31.5 Å². The molecule has 0 aliphatic rings. The third kappa shape index (κ3) is 2.43. The molecule has 0 aromatic heterocycles. The van der Waals surface area contributed by atoms with Crippen LogP contribution in [-0.4, -0.2) is 11.3 Å². The van der Waals surface area contributed by atoms with E-state index in [1.807, 2.05) is 0 Å². The van der Waals surface area contributed by atoms with Crippen molar-refractivity contribution in [3.05, 3.63) is 33.8 Å². The summed E-state index contributed by atoms with van der Waals surface area (Å²) in [6.45, 7) is 3.91. The third-order valence-electron chi connectivity index (χ3n) is 3.19. The van der Waals surface area contributed by atoms with Crippen LogP contribution in [-0.2, 0) is 5.60 Å². The van der Waals surface area contributed by atoms with Gasteiger partial charge in [0, 0.05) is 0 Å². The molecule has 1 aromatic carbocycles. The Morgan fingerprint density at radius 1 is 1.32 bits per heavy atom. The topological polar surface area (TPSA) is 44.0 Å². The molecule has 104 valence electrons. The van der Waals surface area contributed by atoms with E-state index in [0.29, 0.717) is 0 Å².